The third-order valence-corrected chi connectivity index (χ3v) is 4.42. The van der Waals surface area contributed by atoms with Gasteiger partial charge in [-0.3, -0.25) is 14.6 Å². The summed E-state index contributed by atoms with van der Waals surface area (Å²) in [4.78, 5) is 45.9. The van der Waals surface area contributed by atoms with Crippen LogP contribution in [0.4, 0.5) is 35.1 Å². The topological polar surface area (TPSA) is 102 Å². The van der Waals surface area contributed by atoms with Crippen molar-refractivity contribution in [3.8, 4) is 5.75 Å². The summed E-state index contributed by atoms with van der Waals surface area (Å²) >= 11 is 0. The largest absolute Gasteiger partial charge is 0.573 e. The third-order valence-electron chi connectivity index (χ3n) is 4.42. The summed E-state index contributed by atoms with van der Waals surface area (Å²) < 4.78 is 110. The molecule has 3 rings (SSSR count). The Bertz CT molecular complexity index is 1350. The molecule has 0 fully saturated rings. The van der Waals surface area contributed by atoms with Gasteiger partial charge in [0.25, 0.3) is 5.91 Å². The molecule has 1 atom stereocenters. The lowest BCUT2D eigenvalue weighted by Crippen LogP contribution is -2.42. The van der Waals surface area contributed by atoms with Gasteiger partial charge in [0.15, 0.2) is 0 Å². The van der Waals surface area contributed by atoms with Crippen molar-refractivity contribution in [1.29, 1.82) is 0 Å². The normalized spacial score (nSPS) is 12.5. The zero-order valence-corrected chi connectivity index (χ0v) is 17.7. The Kier molecular flexibility index (Phi) is 7.50. The Hall–Kier alpha value is -4.50. The second-order valence-corrected chi connectivity index (χ2v) is 6.95. The van der Waals surface area contributed by atoms with Gasteiger partial charge in [-0.1, -0.05) is 0 Å². The Balaban J connectivity index is 2.23. The summed E-state index contributed by atoms with van der Waals surface area (Å²) in [6, 6.07) is 2.15. The monoisotopic (exact) mass is 537 g/mol. The van der Waals surface area contributed by atoms with Crippen LogP contribution in [-0.2, 0) is 9.63 Å². The van der Waals surface area contributed by atoms with Gasteiger partial charge in [-0.15, -0.1) is 13.2 Å². The number of amides is 1. The van der Waals surface area contributed by atoms with Crippen LogP contribution in [0.1, 0.15) is 27.7 Å². The zero-order chi connectivity index (χ0) is 27.5. The number of halogens is 8. The van der Waals surface area contributed by atoms with Crippen LogP contribution in [0.15, 0.2) is 59.7 Å². The van der Waals surface area contributed by atoms with Crippen molar-refractivity contribution in [2.24, 2.45) is 0 Å². The molecule has 2 aromatic heterocycles. The molecule has 0 saturated carbocycles. The molecule has 0 bridgehead atoms. The minimum Gasteiger partial charge on any atom is -0.406 e. The third kappa shape index (κ3) is 6.59. The first kappa shape index (κ1) is 27.1. The smallest absolute Gasteiger partial charge is 0.406 e. The molecule has 1 aromatic carbocycles. The molecule has 3 aromatic rings. The fraction of sp³-hybridized carbons (Fsp3) is 0.143. The van der Waals surface area contributed by atoms with Crippen molar-refractivity contribution in [3.05, 3.63) is 93.7 Å². The van der Waals surface area contributed by atoms with Crippen molar-refractivity contribution < 1.29 is 54.3 Å². The van der Waals surface area contributed by atoms with E-state index in [1.165, 1.54) is 0 Å². The average Bonchev–Trinajstić information content (AvgIpc) is 2.79. The number of aromatic nitrogens is 2. The van der Waals surface area contributed by atoms with E-state index in [0.29, 0.717) is 18.3 Å². The number of H-pyrrole nitrogens is 1. The predicted octanol–water partition coefficient (Wildman–Crippen LogP) is 4.20. The van der Waals surface area contributed by atoms with Crippen LogP contribution in [0.2, 0.25) is 0 Å². The molecule has 0 radical (unpaired) electrons. The number of alkyl halides is 6. The number of carbonyl (C=O) groups is 2. The van der Waals surface area contributed by atoms with Crippen LogP contribution in [0.25, 0.3) is 0 Å². The Morgan fingerprint density at radius 1 is 0.973 bits per heavy atom. The van der Waals surface area contributed by atoms with Crippen molar-refractivity contribution in [2.75, 3.05) is 0 Å². The number of rotatable bonds is 5. The quantitative estimate of drug-likeness (QED) is 0.387. The molecule has 0 aliphatic rings. The van der Waals surface area contributed by atoms with Crippen LogP contribution < -0.4 is 10.3 Å². The van der Waals surface area contributed by atoms with Crippen LogP contribution in [0, 0.1) is 11.6 Å². The van der Waals surface area contributed by atoms with Gasteiger partial charge in [-0.25, -0.2) is 13.6 Å². The van der Waals surface area contributed by atoms with Crippen molar-refractivity contribution >= 4 is 11.9 Å². The Morgan fingerprint density at radius 3 is 2.22 bits per heavy atom. The molecule has 1 N–H and O–H groups in total. The standard InChI is InChI=1S/C21H11F8N3O5/c22-13-2-1-7-30-16(13)17(12-5-4-11(8-14(12)23)36-21(27,28)29)32(37-19(35)20(24,25)26)18(34)10-3-6-15(33)31-9-10/h1-9,17H,(H,31,33)/t17-/m0/s1. The maximum absolute atomic E-state index is 15.0. The highest BCUT2D eigenvalue weighted by molar-refractivity contribution is 5.94. The van der Waals surface area contributed by atoms with Gasteiger partial charge in [0, 0.05) is 30.1 Å². The predicted molar refractivity (Wildman–Crippen MR) is 105 cm³/mol. The SMILES string of the molecule is O=C(c1ccc(=O)[nH]c1)N(OC(=O)C(F)(F)F)[C@@H](c1ccc(OC(F)(F)F)cc1F)c1ncccc1F. The molecular formula is C21H11F8N3O5. The van der Waals surface area contributed by atoms with E-state index in [1.54, 1.807) is 0 Å². The van der Waals surface area contributed by atoms with E-state index in [0.717, 1.165) is 30.5 Å². The van der Waals surface area contributed by atoms with E-state index in [4.69, 9.17) is 0 Å². The van der Waals surface area contributed by atoms with E-state index in [1.807, 2.05) is 4.98 Å². The highest BCUT2D eigenvalue weighted by atomic mass is 19.4. The lowest BCUT2D eigenvalue weighted by molar-refractivity contribution is -0.274. The van der Waals surface area contributed by atoms with Gasteiger partial charge in [0.2, 0.25) is 5.56 Å². The number of hydrogen-bond acceptors (Lipinski definition) is 6. The van der Waals surface area contributed by atoms with E-state index in [2.05, 4.69) is 14.6 Å². The molecule has 2 heterocycles. The number of benzene rings is 1. The highest BCUT2D eigenvalue weighted by Crippen LogP contribution is 2.35. The first-order valence-corrected chi connectivity index (χ1v) is 9.64. The lowest BCUT2D eigenvalue weighted by Gasteiger charge is -2.30. The summed E-state index contributed by atoms with van der Waals surface area (Å²) in [7, 11) is 0. The van der Waals surface area contributed by atoms with E-state index >= 15 is 0 Å². The Labute approximate surface area is 200 Å². The Morgan fingerprint density at radius 2 is 1.68 bits per heavy atom. The molecule has 0 aliphatic heterocycles. The molecule has 0 saturated heterocycles. The first-order valence-electron chi connectivity index (χ1n) is 9.64. The number of aromatic amines is 1. The van der Waals surface area contributed by atoms with Gasteiger partial charge >= 0.3 is 18.5 Å². The number of nitrogens with zero attached hydrogens (tertiary/aromatic N) is 2. The molecule has 196 valence electrons. The molecule has 16 heteroatoms. The van der Waals surface area contributed by atoms with Crippen molar-refractivity contribution in [3.63, 3.8) is 0 Å². The second kappa shape index (κ2) is 10.2. The van der Waals surface area contributed by atoms with Crippen LogP contribution in [0.5, 0.6) is 5.75 Å². The summed E-state index contributed by atoms with van der Waals surface area (Å²) in [5, 5.41) is -0.364. The number of hydrogen-bond donors (Lipinski definition) is 1. The summed E-state index contributed by atoms with van der Waals surface area (Å²) in [6.45, 7) is 0. The number of pyridine rings is 2. The zero-order valence-electron chi connectivity index (χ0n) is 17.7. The highest BCUT2D eigenvalue weighted by Gasteiger charge is 2.46. The van der Waals surface area contributed by atoms with E-state index < -0.39 is 70.2 Å². The van der Waals surface area contributed by atoms with Crippen molar-refractivity contribution in [1.82, 2.24) is 15.0 Å². The minimum absolute atomic E-state index is 0.158. The average molecular weight is 537 g/mol. The van der Waals surface area contributed by atoms with Gasteiger partial charge in [-0.2, -0.15) is 18.2 Å². The van der Waals surface area contributed by atoms with E-state index in [9.17, 15) is 49.5 Å². The molecular weight excluding hydrogens is 526 g/mol. The van der Waals surface area contributed by atoms with Gasteiger partial charge in [0.05, 0.1) is 5.56 Å². The van der Waals surface area contributed by atoms with Crippen LogP contribution >= 0.6 is 0 Å². The molecule has 37 heavy (non-hydrogen) atoms. The molecule has 1 amide bonds. The first-order chi connectivity index (χ1) is 17.2. The minimum atomic E-state index is -5.69. The van der Waals surface area contributed by atoms with E-state index in [-0.39, 0.29) is 11.1 Å². The number of ether oxygens (including phenoxy) is 1. The molecule has 0 aliphatic carbocycles. The maximum Gasteiger partial charge on any atom is 0.573 e. The molecule has 0 unspecified atom stereocenters. The fourth-order valence-electron chi connectivity index (χ4n) is 2.93. The lowest BCUT2D eigenvalue weighted by atomic mass is 10.0. The second-order valence-electron chi connectivity index (χ2n) is 6.95. The van der Waals surface area contributed by atoms with Gasteiger partial charge in [0.1, 0.15) is 29.1 Å². The number of nitrogens with one attached hydrogen (secondary N) is 1. The summed E-state index contributed by atoms with van der Waals surface area (Å²) in [5.74, 6) is -8.63. The molecule has 8 nitrogen and oxygen atoms in total. The van der Waals surface area contributed by atoms with Gasteiger partial charge < -0.3 is 14.6 Å². The maximum atomic E-state index is 15.0. The van der Waals surface area contributed by atoms with Gasteiger partial charge in [-0.05, 0) is 30.3 Å². The van der Waals surface area contributed by atoms with Crippen LogP contribution in [0.3, 0.4) is 0 Å². The summed E-state index contributed by atoms with van der Waals surface area (Å²) in [6.07, 6.45) is -9.32. The van der Waals surface area contributed by atoms with Crippen molar-refractivity contribution in [2.45, 2.75) is 18.6 Å². The summed E-state index contributed by atoms with van der Waals surface area (Å²) in [5.41, 5.74) is -3.22. The molecule has 0 spiro atoms. The van der Waals surface area contributed by atoms with Crippen LogP contribution in [-0.4, -0.2) is 39.4 Å². The number of carbonyl (C=O) groups excluding carboxylic acids is 2. The number of hydroxylamine groups is 2. The fourth-order valence-corrected chi connectivity index (χ4v) is 2.93.